The van der Waals surface area contributed by atoms with Gasteiger partial charge in [0, 0.05) is 10.5 Å². The Labute approximate surface area is 114 Å². The summed E-state index contributed by atoms with van der Waals surface area (Å²) in [6, 6.07) is 3.23. The topological polar surface area (TPSA) is 26.0 Å². The highest BCUT2D eigenvalue weighted by molar-refractivity contribution is 9.10. The predicted octanol–water partition coefficient (Wildman–Crippen LogP) is 4.90. The van der Waals surface area contributed by atoms with Crippen LogP contribution < -0.4 is 5.73 Å². The summed E-state index contributed by atoms with van der Waals surface area (Å²) in [7, 11) is 0. The van der Waals surface area contributed by atoms with Crippen LogP contribution in [0.4, 0.5) is 13.2 Å². The van der Waals surface area contributed by atoms with Crippen LogP contribution in [0.3, 0.4) is 0 Å². The number of hydrogen-bond donors (Lipinski definition) is 1. The van der Waals surface area contributed by atoms with Gasteiger partial charge in [0.1, 0.15) is 0 Å². The van der Waals surface area contributed by atoms with E-state index in [1.807, 2.05) is 13.8 Å². The van der Waals surface area contributed by atoms with E-state index < -0.39 is 11.7 Å². The van der Waals surface area contributed by atoms with Crippen molar-refractivity contribution in [3.63, 3.8) is 0 Å². The lowest BCUT2D eigenvalue weighted by Gasteiger charge is -2.19. The highest BCUT2D eigenvalue weighted by atomic mass is 79.9. The molecular weight excluding hydrogens is 307 g/mol. The maximum atomic E-state index is 12.6. The number of nitrogens with two attached hydrogens (primary N) is 1. The van der Waals surface area contributed by atoms with E-state index in [9.17, 15) is 13.2 Å². The van der Waals surface area contributed by atoms with Crippen molar-refractivity contribution in [2.45, 2.75) is 38.9 Å². The average molecular weight is 324 g/mol. The lowest BCUT2D eigenvalue weighted by Crippen LogP contribution is -2.16. The van der Waals surface area contributed by atoms with Crippen LogP contribution in [-0.4, -0.2) is 0 Å². The maximum Gasteiger partial charge on any atom is 0.416 e. The van der Waals surface area contributed by atoms with Gasteiger partial charge in [-0.1, -0.05) is 36.2 Å². The molecule has 1 aromatic carbocycles. The summed E-state index contributed by atoms with van der Waals surface area (Å²) in [5.74, 6) is 0.390. The van der Waals surface area contributed by atoms with Crippen molar-refractivity contribution in [1.82, 2.24) is 0 Å². The molecule has 0 aliphatic heterocycles. The van der Waals surface area contributed by atoms with E-state index in [4.69, 9.17) is 5.73 Å². The van der Waals surface area contributed by atoms with Gasteiger partial charge in [-0.3, -0.25) is 0 Å². The smallest absolute Gasteiger partial charge is 0.324 e. The molecule has 1 rings (SSSR count). The summed E-state index contributed by atoms with van der Waals surface area (Å²) in [6.07, 6.45) is -2.69. The Morgan fingerprint density at radius 1 is 1.33 bits per heavy atom. The SMILES string of the molecule is CCC(C)CC(N)c1cc(C(F)(F)F)ccc1Br. The molecule has 0 heterocycles. The largest absolute Gasteiger partial charge is 0.416 e. The Bertz CT molecular complexity index is 404. The molecule has 0 spiro atoms. The first-order valence-corrected chi connectivity index (χ1v) is 6.67. The first kappa shape index (κ1) is 15.5. The third-order valence-corrected chi connectivity index (χ3v) is 3.80. The van der Waals surface area contributed by atoms with E-state index in [1.54, 1.807) is 0 Å². The lowest BCUT2D eigenvalue weighted by atomic mass is 9.94. The van der Waals surface area contributed by atoms with E-state index in [-0.39, 0.29) is 6.04 Å². The Balaban J connectivity index is 3.00. The van der Waals surface area contributed by atoms with Crippen LogP contribution in [-0.2, 0) is 6.18 Å². The molecule has 18 heavy (non-hydrogen) atoms. The Morgan fingerprint density at radius 2 is 1.94 bits per heavy atom. The molecule has 0 amide bonds. The van der Waals surface area contributed by atoms with E-state index in [0.717, 1.165) is 18.6 Å². The number of hydrogen-bond acceptors (Lipinski definition) is 1. The Morgan fingerprint density at radius 3 is 2.44 bits per heavy atom. The zero-order valence-electron chi connectivity index (χ0n) is 10.4. The summed E-state index contributed by atoms with van der Waals surface area (Å²) in [4.78, 5) is 0. The zero-order chi connectivity index (χ0) is 13.9. The van der Waals surface area contributed by atoms with Gasteiger partial charge in [-0.25, -0.2) is 0 Å². The van der Waals surface area contributed by atoms with Crippen molar-refractivity contribution in [1.29, 1.82) is 0 Å². The van der Waals surface area contributed by atoms with E-state index in [2.05, 4.69) is 15.9 Å². The molecule has 0 aliphatic carbocycles. The standard InChI is InChI=1S/C13H17BrF3N/c1-3-8(2)6-12(18)10-7-9(13(15,16)17)4-5-11(10)14/h4-5,7-8,12H,3,6,18H2,1-2H3. The van der Waals surface area contributed by atoms with Crippen molar-refractivity contribution in [3.05, 3.63) is 33.8 Å². The lowest BCUT2D eigenvalue weighted by molar-refractivity contribution is -0.137. The molecule has 0 bridgehead atoms. The first-order valence-electron chi connectivity index (χ1n) is 5.88. The third-order valence-electron chi connectivity index (χ3n) is 3.08. The third kappa shape index (κ3) is 3.99. The molecule has 0 saturated carbocycles. The van der Waals surface area contributed by atoms with Crippen LogP contribution >= 0.6 is 15.9 Å². The van der Waals surface area contributed by atoms with Gasteiger partial charge in [0.25, 0.3) is 0 Å². The molecule has 0 saturated heterocycles. The molecule has 0 aliphatic rings. The van der Waals surface area contributed by atoms with Gasteiger partial charge in [0.05, 0.1) is 5.56 Å². The number of halogens is 4. The van der Waals surface area contributed by atoms with Crippen molar-refractivity contribution in [2.75, 3.05) is 0 Å². The monoisotopic (exact) mass is 323 g/mol. The molecule has 1 nitrogen and oxygen atoms in total. The molecule has 2 N–H and O–H groups in total. The van der Waals surface area contributed by atoms with Gasteiger partial charge in [0.15, 0.2) is 0 Å². The molecule has 0 aromatic heterocycles. The van der Waals surface area contributed by atoms with Crippen molar-refractivity contribution in [2.24, 2.45) is 11.7 Å². The quantitative estimate of drug-likeness (QED) is 0.837. The second-order valence-corrected chi connectivity index (χ2v) is 5.44. The predicted molar refractivity (Wildman–Crippen MR) is 70.1 cm³/mol. The van der Waals surface area contributed by atoms with Crippen molar-refractivity contribution in [3.8, 4) is 0 Å². The number of alkyl halides is 3. The number of rotatable bonds is 4. The van der Waals surface area contributed by atoms with Crippen molar-refractivity contribution >= 4 is 15.9 Å². The van der Waals surface area contributed by atoms with Gasteiger partial charge in [-0.05, 0) is 36.1 Å². The molecule has 102 valence electrons. The minimum atomic E-state index is -4.33. The Hall–Kier alpha value is -0.550. The van der Waals surface area contributed by atoms with Gasteiger partial charge in [0.2, 0.25) is 0 Å². The normalized spacial score (nSPS) is 15.5. The van der Waals surface area contributed by atoms with Crippen LogP contribution in [0.1, 0.15) is 43.9 Å². The number of benzene rings is 1. The summed E-state index contributed by atoms with van der Waals surface area (Å²) in [5.41, 5.74) is 5.85. The summed E-state index contributed by atoms with van der Waals surface area (Å²) < 4.78 is 38.5. The zero-order valence-corrected chi connectivity index (χ0v) is 12.0. The first-order chi connectivity index (χ1) is 8.25. The van der Waals surface area contributed by atoms with E-state index in [0.29, 0.717) is 22.4 Å². The van der Waals surface area contributed by atoms with Crippen LogP contribution in [0.25, 0.3) is 0 Å². The highest BCUT2D eigenvalue weighted by Gasteiger charge is 2.31. The minimum absolute atomic E-state index is 0.378. The minimum Gasteiger partial charge on any atom is -0.324 e. The molecule has 0 fully saturated rings. The second kappa shape index (κ2) is 6.06. The molecule has 0 radical (unpaired) electrons. The van der Waals surface area contributed by atoms with Crippen LogP contribution in [0.2, 0.25) is 0 Å². The van der Waals surface area contributed by atoms with E-state index in [1.165, 1.54) is 6.07 Å². The summed E-state index contributed by atoms with van der Waals surface area (Å²) in [5, 5.41) is 0. The molecular formula is C13H17BrF3N. The fraction of sp³-hybridized carbons (Fsp3) is 0.538. The van der Waals surface area contributed by atoms with Gasteiger partial charge >= 0.3 is 6.18 Å². The van der Waals surface area contributed by atoms with Crippen LogP contribution in [0, 0.1) is 5.92 Å². The van der Waals surface area contributed by atoms with Crippen LogP contribution in [0.5, 0.6) is 0 Å². The van der Waals surface area contributed by atoms with Gasteiger partial charge in [-0.15, -0.1) is 0 Å². The fourth-order valence-corrected chi connectivity index (χ4v) is 2.27. The average Bonchev–Trinajstić information content (AvgIpc) is 2.27. The second-order valence-electron chi connectivity index (χ2n) is 4.59. The fourth-order valence-electron chi connectivity index (χ4n) is 1.73. The summed E-state index contributed by atoms with van der Waals surface area (Å²) >= 11 is 3.26. The van der Waals surface area contributed by atoms with E-state index >= 15 is 0 Å². The highest BCUT2D eigenvalue weighted by Crippen LogP contribution is 2.34. The molecule has 5 heteroatoms. The summed E-state index contributed by atoms with van der Waals surface area (Å²) in [6.45, 7) is 4.08. The molecule has 1 aromatic rings. The van der Waals surface area contributed by atoms with Crippen molar-refractivity contribution < 1.29 is 13.2 Å². The maximum absolute atomic E-state index is 12.6. The Kier molecular flexibility index (Phi) is 5.22. The van der Waals surface area contributed by atoms with Gasteiger partial charge in [-0.2, -0.15) is 13.2 Å². The van der Waals surface area contributed by atoms with Crippen LogP contribution in [0.15, 0.2) is 22.7 Å². The molecule has 2 atom stereocenters. The van der Waals surface area contributed by atoms with Gasteiger partial charge < -0.3 is 5.73 Å². The molecule has 2 unspecified atom stereocenters.